The number of hydrogen-bond acceptors (Lipinski definition) is 2. The Morgan fingerprint density at radius 3 is 2.95 bits per heavy atom. The molecule has 1 aromatic carbocycles. The number of piperidine rings is 1. The zero-order chi connectivity index (χ0) is 13.9. The summed E-state index contributed by atoms with van der Waals surface area (Å²) in [6.07, 6.45) is 4.35. The molecule has 0 saturated carbocycles. The Bertz CT molecular complexity index is 459. The van der Waals surface area contributed by atoms with Gasteiger partial charge in [-0.2, -0.15) is 0 Å². The summed E-state index contributed by atoms with van der Waals surface area (Å²) < 4.78 is 5.91. The summed E-state index contributed by atoms with van der Waals surface area (Å²) >= 11 is 0. The predicted octanol–water partition coefficient (Wildman–Crippen LogP) is 2.65. The van der Waals surface area contributed by atoms with Crippen LogP contribution in [-0.2, 0) is 16.0 Å². The van der Waals surface area contributed by atoms with E-state index in [0.29, 0.717) is 18.4 Å². The third kappa shape index (κ3) is 3.04. The number of fused-ring (bicyclic) bond motifs is 1. The molecule has 3 atom stereocenters. The molecule has 2 saturated heterocycles. The van der Waals surface area contributed by atoms with Gasteiger partial charge in [-0.15, -0.1) is 0 Å². The van der Waals surface area contributed by atoms with E-state index in [0.717, 1.165) is 32.4 Å². The summed E-state index contributed by atoms with van der Waals surface area (Å²) in [6, 6.07) is 10.2. The van der Waals surface area contributed by atoms with Crippen LogP contribution in [0.3, 0.4) is 0 Å². The fourth-order valence-corrected chi connectivity index (χ4v) is 3.45. The molecule has 0 spiro atoms. The van der Waals surface area contributed by atoms with Crippen LogP contribution in [0.5, 0.6) is 0 Å². The molecule has 3 heteroatoms. The zero-order valence-electron chi connectivity index (χ0n) is 12.1. The minimum Gasteiger partial charge on any atom is -0.373 e. The fourth-order valence-electron chi connectivity index (χ4n) is 3.45. The summed E-state index contributed by atoms with van der Waals surface area (Å²) in [5, 5.41) is 0. The molecule has 2 heterocycles. The van der Waals surface area contributed by atoms with E-state index in [1.807, 2.05) is 23.1 Å². The second-order valence-electron chi connectivity index (χ2n) is 6.09. The number of carbonyl (C=O) groups is 1. The molecule has 2 aliphatic heterocycles. The molecule has 0 radical (unpaired) electrons. The van der Waals surface area contributed by atoms with Crippen molar-refractivity contribution < 1.29 is 9.53 Å². The second-order valence-corrected chi connectivity index (χ2v) is 6.09. The first kappa shape index (κ1) is 13.6. The quantitative estimate of drug-likeness (QED) is 0.847. The Morgan fingerprint density at radius 1 is 1.35 bits per heavy atom. The molecule has 20 heavy (non-hydrogen) atoms. The minimum absolute atomic E-state index is 0.274. The Hall–Kier alpha value is -1.35. The van der Waals surface area contributed by atoms with Crippen molar-refractivity contribution in [3.8, 4) is 0 Å². The van der Waals surface area contributed by atoms with Crippen molar-refractivity contribution in [1.29, 1.82) is 0 Å². The summed E-state index contributed by atoms with van der Waals surface area (Å²) in [5.74, 6) is 0.943. The molecule has 0 N–H and O–H groups in total. The average molecular weight is 273 g/mol. The van der Waals surface area contributed by atoms with E-state index < -0.39 is 0 Å². The molecule has 2 fully saturated rings. The monoisotopic (exact) mass is 273 g/mol. The van der Waals surface area contributed by atoms with Crippen molar-refractivity contribution in [1.82, 2.24) is 4.90 Å². The van der Waals surface area contributed by atoms with Crippen molar-refractivity contribution in [2.24, 2.45) is 5.92 Å². The van der Waals surface area contributed by atoms with Crippen LogP contribution in [0.4, 0.5) is 0 Å². The van der Waals surface area contributed by atoms with Gasteiger partial charge in [0.1, 0.15) is 0 Å². The second kappa shape index (κ2) is 5.96. The van der Waals surface area contributed by atoms with Gasteiger partial charge in [-0.1, -0.05) is 30.3 Å². The Kier molecular flexibility index (Phi) is 4.06. The smallest absolute Gasteiger partial charge is 0.222 e. The van der Waals surface area contributed by atoms with Gasteiger partial charge in [0, 0.05) is 19.5 Å². The van der Waals surface area contributed by atoms with Crippen molar-refractivity contribution in [3.05, 3.63) is 35.9 Å². The summed E-state index contributed by atoms with van der Waals surface area (Å²) in [4.78, 5) is 14.3. The van der Waals surface area contributed by atoms with Crippen LogP contribution in [-0.4, -0.2) is 36.1 Å². The Labute approximate surface area is 120 Å². The van der Waals surface area contributed by atoms with Crippen LogP contribution in [0, 0.1) is 5.92 Å². The van der Waals surface area contributed by atoms with E-state index in [9.17, 15) is 4.79 Å². The maximum Gasteiger partial charge on any atom is 0.222 e. The number of carbonyl (C=O) groups excluding carboxylic acids is 1. The number of hydrogen-bond donors (Lipinski definition) is 0. The van der Waals surface area contributed by atoms with Gasteiger partial charge in [0.2, 0.25) is 5.91 Å². The number of amides is 1. The lowest BCUT2D eigenvalue weighted by atomic mass is 9.92. The molecule has 1 aromatic rings. The van der Waals surface area contributed by atoms with E-state index in [4.69, 9.17) is 4.74 Å². The van der Waals surface area contributed by atoms with Crippen LogP contribution in [0.15, 0.2) is 30.3 Å². The number of likely N-dealkylation sites (tertiary alicyclic amines) is 1. The maximum atomic E-state index is 12.3. The lowest BCUT2D eigenvalue weighted by molar-refractivity contribution is -0.135. The van der Waals surface area contributed by atoms with E-state index in [2.05, 4.69) is 19.1 Å². The lowest BCUT2D eigenvalue weighted by Gasteiger charge is -2.34. The third-order valence-corrected chi connectivity index (χ3v) is 4.56. The number of ether oxygens (including phenoxy) is 1. The number of benzene rings is 1. The predicted molar refractivity (Wildman–Crippen MR) is 78.4 cm³/mol. The first-order valence-corrected chi connectivity index (χ1v) is 7.69. The van der Waals surface area contributed by atoms with Gasteiger partial charge in [-0.25, -0.2) is 0 Å². The SMILES string of the molecule is C[C@@H]1C[C@@H]2CCN(C(=O)CCc3ccccc3)C[C@H]2O1. The highest BCUT2D eigenvalue weighted by Gasteiger charge is 2.38. The summed E-state index contributed by atoms with van der Waals surface area (Å²) in [7, 11) is 0. The zero-order valence-corrected chi connectivity index (χ0v) is 12.1. The van der Waals surface area contributed by atoms with Crippen LogP contribution >= 0.6 is 0 Å². The number of rotatable bonds is 3. The van der Waals surface area contributed by atoms with Crippen LogP contribution in [0.2, 0.25) is 0 Å². The maximum absolute atomic E-state index is 12.3. The van der Waals surface area contributed by atoms with Crippen molar-refractivity contribution >= 4 is 5.91 Å². The van der Waals surface area contributed by atoms with Crippen LogP contribution in [0.1, 0.15) is 31.7 Å². The molecule has 3 nitrogen and oxygen atoms in total. The van der Waals surface area contributed by atoms with Gasteiger partial charge in [0.05, 0.1) is 12.2 Å². The molecule has 108 valence electrons. The van der Waals surface area contributed by atoms with E-state index in [1.165, 1.54) is 5.56 Å². The molecule has 0 bridgehead atoms. The molecule has 0 aliphatic carbocycles. The molecular formula is C17H23NO2. The third-order valence-electron chi connectivity index (χ3n) is 4.56. The first-order chi connectivity index (χ1) is 9.72. The Balaban J connectivity index is 1.51. The van der Waals surface area contributed by atoms with Crippen LogP contribution in [0.25, 0.3) is 0 Å². The van der Waals surface area contributed by atoms with Gasteiger partial charge in [0.25, 0.3) is 0 Å². The molecule has 0 unspecified atom stereocenters. The van der Waals surface area contributed by atoms with Gasteiger partial charge in [-0.3, -0.25) is 4.79 Å². The van der Waals surface area contributed by atoms with E-state index in [1.54, 1.807) is 0 Å². The number of aryl methyl sites for hydroxylation is 1. The highest BCUT2D eigenvalue weighted by molar-refractivity contribution is 5.76. The van der Waals surface area contributed by atoms with E-state index >= 15 is 0 Å². The lowest BCUT2D eigenvalue weighted by Crippen LogP contribution is -2.45. The van der Waals surface area contributed by atoms with Crippen LogP contribution < -0.4 is 0 Å². The molecular weight excluding hydrogens is 250 g/mol. The highest BCUT2D eigenvalue weighted by Crippen LogP contribution is 2.33. The average Bonchev–Trinajstić information content (AvgIpc) is 2.85. The van der Waals surface area contributed by atoms with E-state index in [-0.39, 0.29) is 12.0 Å². The van der Waals surface area contributed by atoms with Crippen molar-refractivity contribution in [2.45, 2.75) is 44.8 Å². The van der Waals surface area contributed by atoms with Crippen molar-refractivity contribution in [3.63, 3.8) is 0 Å². The standard InChI is InChI=1S/C17H23NO2/c1-13-11-15-9-10-18(12-16(15)20-13)17(19)8-7-14-5-3-2-4-6-14/h2-6,13,15-16H,7-12H2,1H3/t13-,15+,16-/m1/s1. The minimum atomic E-state index is 0.274. The number of nitrogens with zero attached hydrogens (tertiary/aromatic N) is 1. The van der Waals surface area contributed by atoms with Gasteiger partial charge in [-0.05, 0) is 37.7 Å². The normalized spacial score (nSPS) is 29.2. The highest BCUT2D eigenvalue weighted by atomic mass is 16.5. The summed E-state index contributed by atoms with van der Waals surface area (Å²) in [5.41, 5.74) is 1.24. The summed E-state index contributed by atoms with van der Waals surface area (Å²) in [6.45, 7) is 3.84. The largest absolute Gasteiger partial charge is 0.373 e. The first-order valence-electron chi connectivity index (χ1n) is 7.69. The fraction of sp³-hybridized carbons (Fsp3) is 0.588. The Morgan fingerprint density at radius 2 is 2.15 bits per heavy atom. The van der Waals surface area contributed by atoms with Gasteiger partial charge < -0.3 is 9.64 Å². The van der Waals surface area contributed by atoms with Gasteiger partial charge >= 0.3 is 0 Å². The molecule has 2 aliphatic rings. The molecule has 3 rings (SSSR count). The molecule has 0 aromatic heterocycles. The van der Waals surface area contributed by atoms with Gasteiger partial charge in [0.15, 0.2) is 0 Å². The molecule has 1 amide bonds. The van der Waals surface area contributed by atoms with Crippen molar-refractivity contribution in [2.75, 3.05) is 13.1 Å². The topological polar surface area (TPSA) is 29.5 Å².